The molecule has 0 bridgehead atoms. The van der Waals surface area contributed by atoms with Gasteiger partial charge in [-0.3, -0.25) is 5.32 Å². The summed E-state index contributed by atoms with van der Waals surface area (Å²) in [6.07, 6.45) is -0.564. The molecular weight excluding hydrogens is 306 g/mol. The fourth-order valence-corrected chi connectivity index (χ4v) is 4.97. The number of methoxy groups -OCH3 is 1. The normalized spacial score (nSPS) is 12.0. The van der Waals surface area contributed by atoms with Crippen molar-refractivity contribution in [3.63, 3.8) is 0 Å². The van der Waals surface area contributed by atoms with Crippen LogP contribution in [0.15, 0.2) is 5.38 Å². The molecule has 5 nitrogen and oxygen atoms in total. The topological polar surface area (TPSA) is 64.6 Å². The molecule has 1 aromatic rings. The van der Waals surface area contributed by atoms with Gasteiger partial charge in [0, 0.05) is 9.88 Å². The lowest BCUT2D eigenvalue weighted by Crippen LogP contribution is -2.38. The molecule has 1 rings (SSSR count). The van der Waals surface area contributed by atoms with Gasteiger partial charge in [0.2, 0.25) is 0 Å². The second kappa shape index (κ2) is 6.19. The van der Waals surface area contributed by atoms with Crippen molar-refractivity contribution >= 4 is 41.7 Å². The van der Waals surface area contributed by atoms with Crippen LogP contribution in [0.2, 0.25) is 19.6 Å². The molecule has 0 aliphatic rings. The van der Waals surface area contributed by atoms with Crippen LogP contribution in [0.5, 0.6) is 0 Å². The molecule has 0 radical (unpaired) electrons. The first kappa shape index (κ1) is 17.7. The number of ether oxygens (including phenoxy) is 2. The third kappa shape index (κ3) is 4.85. The lowest BCUT2D eigenvalue weighted by Gasteiger charge is -2.22. The number of amides is 1. The van der Waals surface area contributed by atoms with Gasteiger partial charge in [0.15, 0.2) is 0 Å². The standard InChI is InChI=1S/C14H23NO4SSi/c1-14(2,3)19-13(17)15-10-9(11(16)18-4)8-20-12(10)21(5,6)7/h8H,1-7H3,(H,15,17). The van der Waals surface area contributed by atoms with Gasteiger partial charge >= 0.3 is 12.1 Å². The zero-order valence-corrected chi connectivity index (χ0v) is 15.4. The van der Waals surface area contributed by atoms with Crippen LogP contribution in [0.1, 0.15) is 31.1 Å². The van der Waals surface area contributed by atoms with Crippen molar-refractivity contribution in [3.05, 3.63) is 10.9 Å². The van der Waals surface area contributed by atoms with Gasteiger partial charge in [-0.05, 0) is 20.8 Å². The summed E-state index contributed by atoms with van der Waals surface area (Å²) in [5, 5.41) is 4.45. The molecule has 7 heteroatoms. The summed E-state index contributed by atoms with van der Waals surface area (Å²) in [5.74, 6) is -0.457. The highest BCUT2D eigenvalue weighted by Crippen LogP contribution is 2.25. The number of hydrogen-bond acceptors (Lipinski definition) is 5. The van der Waals surface area contributed by atoms with E-state index in [0.29, 0.717) is 11.3 Å². The van der Waals surface area contributed by atoms with E-state index in [4.69, 9.17) is 9.47 Å². The summed E-state index contributed by atoms with van der Waals surface area (Å²) in [6, 6.07) is 0. The monoisotopic (exact) mass is 329 g/mol. The third-order valence-corrected chi connectivity index (χ3v) is 7.10. The molecule has 0 fully saturated rings. The zero-order valence-electron chi connectivity index (χ0n) is 13.6. The van der Waals surface area contributed by atoms with Crippen LogP contribution in [0, 0.1) is 0 Å². The van der Waals surface area contributed by atoms with E-state index in [1.807, 2.05) is 0 Å². The van der Waals surface area contributed by atoms with Crippen molar-refractivity contribution < 1.29 is 19.1 Å². The van der Waals surface area contributed by atoms with Crippen LogP contribution in [0.25, 0.3) is 0 Å². The summed E-state index contributed by atoms with van der Waals surface area (Å²) in [6.45, 7) is 11.8. The average molecular weight is 329 g/mol. The van der Waals surface area contributed by atoms with E-state index in [0.717, 1.165) is 4.50 Å². The highest BCUT2D eigenvalue weighted by molar-refractivity contribution is 7.26. The number of hydrogen-bond donors (Lipinski definition) is 1. The fraction of sp³-hybridized carbons (Fsp3) is 0.571. The Morgan fingerprint density at radius 1 is 1.24 bits per heavy atom. The molecule has 1 aromatic heterocycles. The number of nitrogens with one attached hydrogen (secondary N) is 1. The summed E-state index contributed by atoms with van der Waals surface area (Å²) < 4.78 is 11.1. The Labute approximate surface area is 130 Å². The number of thiophene rings is 1. The highest BCUT2D eigenvalue weighted by Gasteiger charge is 2.29. The van der Waals surface area contributed by atoms with E-state index >= 15 is 0 Å². The minimum atomic E-state index is -1.70. The lowest BCUT2D eigenvalue weighted by atomic mass is 10.2. The first-order chi connectivity index (χ1) is 9.45. The van der Waals surface area contributed by atoms with Gasteiger partial charge < -0.3 is 9.47 Å². The van der Waals surface area contributed by atoms with Crippen LogP contribution < -0.4 is 9.82 Å². The first-order valence-electron chi connectivity index (χ1n) is 6.66. The van der Waals surface area contributed by atoms with E-state index in [1.165, 1.54) is 18.4 Å². The third-order valence-electron chi connectivity index (χ3n) is 2.50. The molecule has 0 unspecified atom stereocenters. The van der Waals surface area contributed by atoms with Crippen molar-refractivity contribution in [2.75, 3.05) is 12.4 Å². The van der Waals surface area contributed by atoms with Gasteiger partial charge in [-0.2, -0.15) is 11.3 Å². The molecule has 0 atom stereocenters. The second-order valence-electron chi connectivity index (χ2n) is 6.72. The molecule has 21 heavy (non-hydrogen) atoms. The summed E-state index contributed by atoms with van der Waals surface area (Å²) in [4.78, 5) is 23.9. The van der Waals surface area contributed by atoms with Crippen LogP contribution >= 0.6 is 11.3 Å². The minimum Gasteiger partial charge on any atom is -0.465 e. The van der Waals surface area contributed by atoms with Crippen LogP contribution in [0.3, 0.4) is 0 Å². The molecule has 0 aliphatic carbocycles. The lowest BCUT2D eigenvalue weighted by molar-refractivity contribution is 0.0602. The quantitative estimate of drug-likeness (QED) is 0.681. The van der Waals surface area contributed by atoms with Crippen LogP contribution in [-0.4, -0.2) is 32.8 Å². The molecule has 0 spiro atoms. The smallest absolute Gasteiger partial charge is 0.412 e. The van der Waals surface area contributed by atoms with Gasteiger partial charge in [0.1, 0.15) is 5.60 Å². The predicted molar refractivity (Wildman–Crippen MR) is 88.5 cm³/mol. The molecule has 1 heterocycles. The Bertz CT molecular complexity index is 540. The largest absolute Gasteiger partial charge is 0.465 e. The summed E-state index contributed by atoms with van der Waals surface area (Å²) in [7, 11) is -0.376. The van der Waals surface area contributed by atoms with Gasteiger partial charge in [-0.1, -0.05) is 19.6 Å². The maximum atomic E-state index is 12.0. The Kier molecular flexibility index (Phi) is 5.22. The molecule has 0 aliphatic heterocycles. The summed E-state index contributed by atoms with van der Waals surface area (Å²) in [5.41, 5.74) is 0.316. The van der Waals surface area contributed by atoms with Crippen molar-refractivity contribution in [3.8, 4) is 0 Å². The Balaban J connectivity index is 3.16. The SMILES string of the molecule is COC(=O)c1csc([Si](C)(C)C)c1NC(=O)OC(C)(C)C. The maximum absolute atomic E-state index is 12.0. The molecule has 0 saturated carbocycles. The zero-order chi connectivity index (χ0) is 16.4. The molecule has 0 saturated heterocycles. The van der Waals surface area contributed by atoms with Gasteiger partial charge in [0.25, 0.3) is 0 Å². The number of carbonyl (C=O) groups excluding carboxylic acids is 2. The van der Waals surface area contributed by atoms with E-state index in [9.17, 15) is 9.59 Å². The molecular formula is C14H23NO4SSi. The Morgan fingerprint density at radius 2 is 1.81 bits per heavy atom. The van der Waals surface area contributed by atoms with E-state index < -0.39 is 25.7 Å². The van der Waals surface area contributed by atoms with Gasteiger partial charge in [-0.25, -0.2) is 9.59 Å². The van der Waals surface area contributed by atoms with Crippen LogP contribution in [0.4, 0.5) is 10.5 Å². The predicted octanol–water partition coefficient (Wildman–Crippen LogP) is 3.43. The van der Waals surface area contributed by atoms with Gasteiger partial charge in [-0.15, -0.1) is 0 Å². The Morgan fingerprint density at radius 3 is 2.24 bits per heavy atom. The maximum Gasteiger partial charge on any atom is 0.412 e. The van der Waals surface area contributed by atoms with E-state index in [1.54, 1.807) is 26.2 Å². The number of rotatable bonds is 3. The molecule has 1 amide bonds. The second-order valence-corrected chi connectivity index (χ2v) is 13.0. The molecule has 0 aromatic carbocycles. The van der Waals surface area contributed by atoms with Crippen molar-refractivity contribution in [2.45, 2.75) is 46.0 Å². The van der Waals surface area contributed by atoms with Gasteiger partial charge in [0.05, 0.1) is 26.4 Å². The minimum absolute atomic E-state index is 0.380. The van der Waals surface area contributed by atoms with Crippen molar-refractivity contribution in [1.82, 2.24) is 0 Å². The van der Waals surface area contributed by atoms with Crippen molar-refractivity contribution in [1.29, 1.82) is 0 Å². The fourth-order valence-electron chi connectivity index (χ4n) is 1.70. The first-order valence-corrected chi connectivity index (χ1v) is 11.0. The van der Waals surface area contributed by atoms with Crippen LogP contribution in [-0.2, 0) is 9.47 Å². The molecule has 1 N–H and O–H groups in total. The van der Waals surface area contributed by atoms with E-state index in [2.05, 4.69) is 25.0 Å². The van der Waals surface area contributed by atoms with E-state index in [-0.39, 0.29) is 0 Å². The summed E-state index contributed by atoms with van der Waals surface area (Å²) >= 11 is 1.48. The highest BCUT2D eigenvalue weighted by atomic mass is 32.1. The number of anilines is 1. The average Bonchev–Trinajstić information content (AvgIpc) is 2.68. The Hall–Kier alpha value is -1.34. The number of esters is 1. The number of carbonyl (C=O) groups is 2. The van der Waals surface area contributed by atoms with Crippen molar-refractivity contribution in [2.24, 2.45) is 0 Å². The molecule has 118 valence electrons.